The van der Waals surface area contributed by atoms with Gasteiger partial charge < -0.3 is 14.8 Å². The molecular formula is C20H18N2O3S. The highest BCUT2D eigenvalue weighted by Crippen LogP contribution is 2.34. The van der Waals surface area contributed by atoms with Gasteiger partial charge in [0.15, 0.2) is 11.5 Å². The van der Waals surface area contributed by atoms with E-state index in [4.69, 9.17) is 9.47 Å². The smallest absolute Gasteiger partial charge is 0.231 e. The third-order valence-electron chi connectivity index (χ3n) is 4.19. The van der Waals surface area contributed by atoms with Crippen molar-refractivity contribution in [3.8, 4) is 22.1 Å². The average molecular weight is 366 g/mol. The van der Waals surface area contributed by atoms with Crippen molar-refractivity contribution in [3.63, 3.8) is 0 Å². The predicted octanol–water partition coefficient (Wildman–Crippen LogP) is 3.96. The summed E-state index contributed by atoms with van der Waals surface area (Å²) in [6.45, 7) is 2.19. The van der Waals surface area contributed by atoms with E-state index in [9.17, 15) is 4.79 Å². The lowest BCUT2D eigenvalue weighted by molar-refractivity contribution is -0.121. The van der Waals surface area contributed by atoms with Crippen LogP contribution in [0.15, 0.2) is 53.9 Å². The summed E-state index contributed by atoms with van der Waals surface area (Å²) in [6.07, 6.45) is 0.262. The predicted molar refractivity (Wildman–Crippen MR) is 100 cm³/mol. The first kappa shape index (κ1) is 16.6. The van der Waals surface area contributed by atoms with Crippen molar-refractivity contribution < 1.29 is 14.3 Å². The van der Waals surface area contributed by atoms with Gasteiger partial charge in [-0.3, -0.25) is 4.79 Å². The molecule has 0 spiro atoms. The molecule has 0 radical (unpaired) electrons. The van der Waals surface area contributed by atoms with Crippen molar-refractivity contribution in [3.05, 3.63) is 65.2 Å². The Balaban J connectivity index is 1.39. The average Bonchev–Trinajstić information content (AvgIpc) is 3.30. The van der Waals surface area contributed by atoms with Gasteiger partial charge in [0.05, 0.1) is 18.2 Å². The van der Waals surface area contributed by atoms with E-state index in [0.29, 0.717) is 0 Å². The molecule has 132 valence electrons. The van der Waals surface area contributed by atoms with Gasteiger partial charge in [-0.25, -0.2) is 4.98 Å². The van der Waals surface area contributed by atoms with Crippen molar-refractivity contribution in [2.24, 2.45) is 0 Å². The molecule has 1 aromatic heterocycles. The molecule has 1 atom stereocenters. The van der Waals surface area contributed by atoms with E-state index < -0.39 is 0 Å². The topological polar surface area (TPSA) is 60.5 Å². The molecule has 1 N–H and O–H groups in total. The van der Waals surface area contributed by atoms with E-state index in [2.05, 4.69) is 10.3 Å². The number of benzene rings is 2. The quantitative estimate of drug-likeness (QED) is 0.742. The largest absolute Gasteiger partial charge is 0.454 e. The second kappa shape index (κ2) is 7.17. The van der Waals surface area contributed by atoms with Gasteiger partial charge in [-0.1, -0.05) is 36.4 Å². The SMILES string of the molecule is CC(NC(=O)Cc1csc(-c2ccccc2)n1)c1ccc2c(c1)OCO2. The van der Waals surface area contributed by atoms with Gasteiger partial charge in [-0.15, -0.1) is 11.3 Å². The van der Waals surface area contributed by atoms with Crippen molar-refractivity contribution in [2.75, 3.05) is 6.79 Å². The molecule has 1 amide bonds. The summed E-state index contributed by atoms with van der Waals surface area (Å²) in [4.78, 5) is 16.9. The third kappa shape index (κ3) is 3.55. The Bertz CT molecular complexity index is 924. The lowest BCUT2D eigenvalue weighted by Crippen LogP contribution is -2.28. The first-order valence-corrected chi connectivity index (χ1v) is 9.26. The maximum absolute atomic E-state index is 12.4. The Morgan fingerprint density at radius 1 is 1.19 bits per heavy atom. The monoisotopic (exact) mass is 366 g/mol. The van der Waals surface area contributed by atoms with E-state index in [0.717, 1.165) is 33.3 Å². The molecule has 0 aliphatic carbocycles. The molecule has 4 rings (SSSR count). The number of thiazole rings is 1. The van der Waals surface area contributed by atoms with Crippen LogP contribution in [0.25, 0.3) is 10.6 Å². The molecule has 5 nitrogen and oxygen atoms in total. The summed E-state index contributed by atoms with van der Waals surface area (Å²) in [5.41, 5.74) is 2.83. The summed E-state index contributed by atoms with van der Waals surface area (Å²) < 4.78 is 10.7. The zero-order valence-corrected chi connectivity index (χ0v) is 15.1. The van der Waals surface area contributed by atoms with Gasteiger partial charge in [0.25, 0.3) is 0 Å². The standard InChI is InChI=1S/C20H18N2O3S/c1-13(15-7-8-17-18(9-15)25-12-24-17)21-19(23)10-16-11-26-20(22-16)14-5-3-2-4-6-14/h2-9,11,13H,10,12H2,1H3,(H,21,23). The molecule has 2 aromatic carbocycles. The molecule has 0 bridgehead atoms. The highest BCUT2D eigenvalue weighted by molar-refractivity contribution is 7.13. The molecule has 1 aliphatic heterocycles. The van der Waals surface area contributed by atoms with Crippen LogP contribution >= 0.6 is 11.3 Å². The van der Waals surface area contributed by atoms with Gasteiger partial charge in [0, 0.05) is 10.9 Å². The van der Waals surface area contributed by atoms with Gasteiger partial charge >= 0.3 is 0 Å². The van der Waals surface area contributed by atoms with Gasteiger partial charge in [0.2, 0.25) is 12.7 Å². The Morgan fingerprint density at radius 2 is 2.00 bits per heavy atom. The minimum Gasteiger partial charge on any atom is -0.454 e. The number of amides is 1. The number of aromatic nitrogens is 1. The lowest BCUT2D eigenvalue weighted by Gasteiger charge is -2.14. The second-order valence-corrected chi connectivity index (χ2v) is 6.95. The fourth-order valence-electron chi connectivity index (χ4n) is 2.82. The number of carbonyl (C=O) groups excluding carboxylic acids is 1. The molecule has 0 saturated heterocycles. The number of nitrogens with zero attached hydrogens (tertiary/aromatic N) is 1. The van der Waals surface area contributed by atoms with Gasteiger partial charge in [-0.2, -0.15) is 0 Å². The van der Waals surface area contributed by atoms with Crippen LogP contribution in [0.3, 0.4) is 0 Å². The highest BCUT2D eigenvalue weighted by Gasteiger charge is 2.17. The number of hydrogen-bond donors (Lipinski definition) is 1. The maximum Gasteiger partial charge on any atom is 0.231 e. The molecule has 0 saturated carbocycles. The van der Waals surface area contributed by atoms with E-state index in [1.807, 2.05) is 60.8 Å². The van der Waals surface area contributed by atoms with Crippen LogP contribution in [0.2, 0.25) is 0 Å². The van der Waals surface area contributed by atoms with Crippen LogP contribution < -0.4 is 14.8 Å². The minimum atomic E-state index is -0.121. The Labute approximate surface area is 155 Å². The molecule has 3 aromatic rings. The van der Waals surface area contributed by atoms with Gasteiger partial charge in [-0.05, 0) is 24.6 Å². The summed E-state index contributed by atoms with van der Waals surface area (Å²) in [7, 11) is 0. The molecule has 0 fully saturated rings. The van der Waals surface area contributed by atoms with Crippen LogP contribution in [0.4, 0.5) is 0 Å². The van der Waals surface area contributed by atoms with Crippen LogP contribution in [0.1, 0.15) is 24.2 Å². The van der Waals surface area contributed by atoms with Crippen molar-refractivity contribution in [1.29, 1.82) is 0 Å². The summed E-state index contributed by atoms with van der Waals surface area (Å²) in [6, 6.07) is 15.6. The Hall–Kier alpha value is -2.86. The minimum absolute atomic E-state index is 0.0555. The summed E-state index contributed by atoms with van der Waals surface area (Å²) >= 11 is 1.55. The maximum atomic E-state index is 12.4. The first-order chi connectivity index (χ1) is 12.7. The van der Waals surface area contributed by atoms with E-state index in [1.165, 1.54) is 0 Å². The third-order valence-corrected chi connectivity index (χ3v) is 5.13. The van der Waals surface area contributed by atoms with Crippen LogP contribution in [-0.2, 0) is 11.2 Å². The van der Waals surface area contributed by atoms with Crippen molar-refractivity contribution in [2.45, 2.75) is 19.4 Å². The van der Waals surface area contributed by atoms with Crippen molar-refractivity contribution in [1.82, 2.24) is 10.3 Å². The fraction of sp³-hybridized carbons (Fsp3) is 0.200. The van der Waals surface area contributed by atoms with E-state index >= 15 is 0 Å². The van der Waals surface area contributed by atoms with Crippen LogP contribution in [0.5, 0.6) is 11.5 Å². The van der Waals surface area contributed by atoms with E-state index in [1.54, 1.807) is 11.3 Å². The Kier molecular flexibility index (Phi) is 4.58. The molecule has 1 aliphatic rings. The molecule has 6 heteroatoms. The zero-order chi connectivity index (χ0) is 17.9. The first-order valence-electron chi connectivity index (χ1n) is 8.38. The van der Waals surface area contributed by atoms with Crippen LogP contribution in [-0.4, -0.2) is 17.7 Å². The Morgan fingerprint density at radius 3 is 2.85 bits per heavy atom. The molecule has 1 unspecified atom stereocenters. The van der Waals surface area contributed by atoms with E-state index in [-0.39, 0.29) is 25.2 Å². The number of carbonyl (C=O) groups is 1. The molecular weight excluding hydrogens is 348 g/mol. The van der Waals surface area contributed by atoms with Crippen molar-refractivity contribution >= 4 is 17.2 Å². The number of hydrogen-bond acceptors (Lipinski definition) is 5. The molecule has 2 heterocycles. The zero-order valence-electron chi connectivity index (χ0n) is 14.3. The van der Waals surface area contributed by atoms with Crippen LogP contribution in [0, 0.1) is 0 Å². The second-order valence-electron chi connectivity index (χ2n) is 6.09. The highest BCUT2D eigenvalue weighted by atomic mass is 32.1. The number of rotatable bonds is 5. The fourth-order valence-corrected chi connectivity index (χ4v) is 3.65. The summed E-state index contributed by atoms with van der Waals surface area (Å²) in [5, 5.41) is 5.88. The molecule has 26 heavy (non-hydrogen) atoms. The van der Waals surface area contributed by atoms with Gasteiger partial charge in [0.1, 0.15) is 5.01 Å². The normalized spacial score (nSPS) is 13.4. The number of ether oxygens (including phenoxy) is 2. The number of fused-ring (bicyclic) bond motifs is 1. The lowest BCUT2D eigenvalue weighted by atomic mass is 10.1. The number of nitrogens with one attached hydrogen (secondary N) is 1. The summed E-state index contributed by atoms with van der Waals surface area (Å²) in [5.74, 6) is 1.40.